The summed E-state index contributed by atoms with van der Waals surface area (Å²) in [4.78, 5) is 16.3. The van der Waals surface area contributed by atoms with Crippen LogP contribution in [-0.4, -0.2) is 25.4 Å². The molecule has 1 atom stereocenters. The normalized spacial score (nSPS) is 12.7. The number of rotatable bonds is 5. The van der Waals surface area contributed by atoms with Crippen LogP contribution in [0.5, 0.6) is 0 Å². The number of nitrogens with two attached hydrogens (primary N) is 1. The number of primary sulfonamides is 1. The van der Waals surface area contributed by atoms with Crippen molar-refractivity contribution in [2.75, 3.05) is 11.9 Å². The number of benzene rings is 1. The summed E-state index contributed by atoms with van der Waals surface area (Å²) in [5.41, 5.74) is 0.531. The summed E-state index contributed by atoms with van der Waals surface area (Å²) in [6.07, 6.45) is 1.46. The van der Waals surface area contributed by atoms with Gasteiger partial charge in [0.15, 0.2) is 0 Å². The topological polar surface area (TPSA) is 119 Å². The van der Waals surface area contributed by atoms with E-state index in [-0.39, 0.29) is 22.4 Å². The van der Waals surface area contributed by atoms with Crippen LogP contribution >= 0.6 is 0 Å². The van der Waals surface area contributed by atoms with Crippen molar-refractivity contribution in [2.24, 2.45) is 5.14 Å². The molecule has 0 fully saturated rings. The molecule has 0 saturated carbocycles. The second-order valence-corrected chi connectivity index (χ2v) is 6.57. The Morgan fingerprint density at radius 2 is 2.00 bits per heavy atom. The van der Waals surface area contributed by atoms with Crippen LogP contribution in [0.15, 0.2) is 47.5 Å². The highest BCUT2D eigenvalue weighted by Crippen LogP contribution is 2.31. The average molecular weight is 336 g/mol. The second-order valence-electron chi connectivity index (χ2n) is 5.01. The van der Waals surface area contributed by atoms with Crippen LogP contribution in [0.4, 0.5) is 11.5 Å². The average Bonchev–Trinajstić information content (AvgIpc) is 2.52. The molecule has 2 N–H and O–H groups in total. The molecule has 0 spiro atoms. The molecular weight excluding hydrogens is 320 g/mol. The van der Waals surface area contributed by atoms with E-state index in [0.717, 1.165) is 0 Å². The van der Waals surface area contributed by atoms with Crippen LogP contribution in [0.1, 0.15) is 18.5 Å². The summed E-state index contributed by atoms with van der Waals surface area (Å²) >= 11 is 0. The Labute approximate surface area is 133 Å². The lowest BCUT2D eigenvalue weighted by Crippen LogP contribution is -2.24. The number of hydrogen-bond donors (Lipinski definition) is 1. The minimum absolute atomic E-state index is 0.00855. The van der Waals surface area contributed by atoms with Crippen molar-refractivity contribution in [3.05, 3.63) is 58.3 Å². The van der Waals surface area contributed by atoms with Crippen LogP contribution < -0.4 is 10.0 Å². The van der Waals surface area contributed by atoms with Gasteiger partial charge < -0.3 is 4.90 Å². The smallest absolute Gasteiger partial charge is 0.311 e. The van der Waals surface area contributed by atoms with Gasteiger partial charge in [0.25, 0.3) is 0 Å². The molecule has 2 aromatic rings. The number of nitrogens with zero attached hydrogens (tertiary/aromatic N) is 3. The van der Waals surface area contributed by atoms with Gasteiger partial charge in [-0.25, -0.2) is 18.5 Å². The molecule has 0 aliphatic rings. The van der Waals surface area contributed by atoms with E-state index >= 15 is 0 Å². The van der Waals surface area contributed by atoms with E-state index in [1.165, 1.54) is 30.5 Å². The molecule has 1 aromatic heterocycles. The third kappa shape index (κ3) is 3.63. The number of anilines is 1. The molecular formula is C14H16N4O4S. The number of nitro groups is 1. The SMILES string of the molecule is CC(c1cccc(S(N)(=O)=O)c1)N(C)c1ncccc1[N+](=O)[O-]. The Balaban J connectivity index is 2.41. The fourth-order valence-electron chi connectivity index (χ4n) is 2.16. The monoisotopic (exact) mass is 336 g/mol. The van der Waals surface area contributed by atoms with Crippen LogP contribution in [0.3, 0.4) is 0 Å². The molecule has 9 heteroatoms. The van der Waals surface area contributed by atoms with Crippen molar-refractivity contribution in [3.8, 4) is 0 Å². The Bertz CT molecular complexity index is 838. The Morgan fingerprint density at radius 3 is 2.61 bits per heavy atom. The molecule has 0 radical (unpaired) electrons. The van der Waals surface area contributed by atoms with Crippen LogP contribution in [0.2, 0.25) is 0 Å². The Kier molecular flexibility index (Phi) is 4.62. The summed E-state index contributed by atoms with van der Waals surface area (Å²) in [7, 11) is -2.16. The van der Waals surface area contributed by atoms with Gasteiger partial charge in [-0.3, -0.25) is 10.1 Å². The zero-order chi connectivity index (χ0) is 17.2. The second kappa shape index (κ2) is 6.31. The van der Waals surface area contributed by atoms with E-state index in [9.17, 15) is 18.5 Å². The maximum absolute atomic E-state index is 11.5. The Morgan fingerprint density at radius 1 is 1.30 bits per heavy atom. The van der Waals surface area contributed by atoms with Gasteiger partial charge >= 0.3 is 5.69 Å². The first kappa shape index (κ1) is 16.8. The van der Waals surface area contributed by atoms with Gasteiger partial charge in [0.05, 0.1) is 15.9 Å². The zero-order valence-corrected chi connectivity index (χ0v) is 13.4. The predicted octanol–water partition coefficient (Wildman–Crippen LogP) is 1.83. The molecule has 1 aromatic carbocycles. The molecule has 122 valence electrons. The Hall–Kier alpha value is -2.52. The number of hydrogen-bond acceptors (Lipinski definition) is 6. The van der Waals surface area contributed by atoms with Gasteiger partial charge in [-0.2, -0.15) is 0 Å². The summed E-state index contributed by atoms with van der Waals surface area (Å²) < 4.78 is 22.9. The lowest BCUT2D eigenvalue weighted by molar-refractivity contribution is -0.384. The van der Waals surface area contributed by atoms with E-state index in [1.807, 2.05) is 0 Å². The highest BCUT2D eigenvalue weighted by atomic mass is 32.2. The third-order valence-corrected chi connectivity index (χ3v) is 4.46. The molecule has 1 heterocycles. The number of aromatic nitrogens is 1. The molecule has 0 bridgehead atoms. The zero-order valence-electron chi connectivity index (χ0n) is 12.6. The van der Waals surface area contributed by atoms with Crippen molar-refractivity contribution >= 4 is 21.5 Å². The molecule has 0 amide bonds. The summed E-state index contributed by atoms with van der Waals surface area (Å²) in [5, 5.41) is 16.2. The molecule has 8 nitrogen and oxygen atoms in total. The van der Waals surface area contributed by atoms with Crippen LogP contribution in [0, 0.1) is 10.1 Å². The van der Waals surface area contributed by atoms with Crippen molar-refractivity contribution in [3.63, 3.8) is 0 Å². The van der Waals surface area contributed by atoms with Gasteiger partial charge in [0.2, 0.25) is 15.8 Å². The number of pyridine rings is 1. The van der Waals surface area contributed by atoms with Crippen molar-refractivity contribution in [2.45, 2.75) is 17.9 Å². The quantitative estimate of drug-likeness (QED) is 0.657. The molecule has 23 heavy (non-hydrogen) atoms. The van der Waals surface area contributed by atoms with Crippen LogP contribution in [-0.2, 0) is 10.0 Å². The van der Waals surface area contributed by atoms with E-state index in [1.54, 1.807) is 31.0 Å². The summed E-state index contributed by atoms with van der Waals surface area (Å²) in [6.45, 7) is 1.79. The minimum Gasteiger partial charge on any atom is -0.347 e. The van der Waals surface area contributed by atoms with E-state index < -0.39 is 14.9 Å². The van der Waals surface area contributed by atoms with Crippen molar-refractivity contribution < 1.29 is 13.3 Å². The molecule has 0 aliphatic carbocycles. The van der Waals surface area contributed by atoms with E-state index in [4.69, 9.17) is 5.14 Å². The van der Waals surface area contributed by atoms with Crippen molar-refractivity contribution in [1.82, 2.24) is 4.98 Å². The summed E-state index contributed by atoms with van der Waals surface area (Å²) in [5.74, 6) is 0.200. The van der Waals surface area contributed by atoms with Gasteiger partial charge in [-0.15, -0.1) is 0 Å². The van der Waals surface area contributed by atoms with Gasteiger partial charge in [0.1, 0.15) is 0 Å². The lowest BCUT2D eigenvalue weighted by Gasteiger charge is -2.26. The predicted molar refractivity (Wildman–Crippen MR) is 85.5 cm³/mol. The summed E-state index contributed by atoms with van der Waals surface area (Å²) in [6, 6.07) is 8.66. The maximum atomic E-state index is 11.5. The lowest BCUT2D eigenvalue weighted by atomic mass is 10.1. The molecule has 1 unspecified atom stereocenters. The first-order valence-electron chi connectivity index (χ1n) is 6.67. The first-order valence-corrected chi connectivity index (χ1v) is 8.21. The fourth-order valence-corrected chi connectivity index (χ4v) is 2.73. The third-order valence-electron chi connectivity index (χ3n) is 3.55. The van der Waals surface area contributed by atoms with Crippen LogP contribution in [0.25, 0.3) is 0 Å². The highest BCUT2D eigenvalue weighted by molar-refractivity contribution is 7.89. The van der Waals surface area contributed by atoms with E-state index in [2.05, 4.69) is 4.98 Å². The molecule has 0 aliphatic heterocycles. The maximum Gasteiger partial charge on any atom is 0.311 e. The number of sulfonamides is 1. The van der Waals surface area contributed by atoms with Gasteiger partial charge in [-0.05, 0) is 30.7 Å². The largest absolute Gasteiger partial charge is 0.347 e. The van der Waals surface area contributed by atoms with Crippen molar-refractivity contribution in [1.29, 1.82) is 0 Å². The van der Waals surface area contributed by atoms with Gasteiger partial charge in [-0.1, -0.05) is 12.1 Å². The fraction of sp³-hybridized carbons (Fsp3) is 0.214. The minimum atomic E-state index is -3.81. The molecule has 0 saturated heterocycles. The first-order chi connectivity index (χ1) is 10.7. The van der Waals surface area contributed by atoms with Gasteiger partial charge in [0, 0.05) is 19.3 Å². The van der Waals surface area contributed by atoms with E-state index in [0.29, 0.717) is 5.56 Å². The highest BCUT2D eigenvalue weighted by Gasteiger charge is 2.23. The molecule has 2 rings (SSSR count). The standard InChI is InChI=1S/C14H16N4O4S/c1-10(11-5-3-6-12(9-11)23(15,21)22)17(2)14-13(18(19)20)7-4-8-16-14/h3-10H,1-2H3,(H2,15,21,22).